The molecule has 0 spiro atoms. The van der Waals surface area contributed by atoms with Crippen molar-refractivity contribution in [3.63, 3.8) is 0 Å². The van der Waals surface area contributed by atoms with Gasteiger partial charge in [-0.1, -0.05) is 38.5 Å². The van der Waals surface area contributed by atoms with Crippen molar-refractivity contribution in [1.82, 2.24) is 5.32 Å². The van der Waals surface area contributed by atoms with E-state index in [9.17, 15) is 4.79 Å². The number of rotatable bonds is 2. The molecule has 0 bridgehead atoms. The molecular formula is C11H22N2O. The molecule has 3 heteroatoms. The van der Waals surface area contributed by atoms with Crippen LogP contribution in [0.25, 0.3) is 0 Å². The lowest BCUT2D eigenvalue weighted by Crippen LogP contribution is -2.38. The van der Waals surface area contributed by atoms with Crippen LogP contribution in [0.2, 0.25) is 0 Å². The maximum absolute atomic E-state index is 11.1. The van der Waals surface area contributed by atoms with Crippen LogP contribution in [0.4, 0.5) is 0 Å². The molecule has 14 heavy (non-hydrogen) atoms. The minimum atomic E-state index is -0.00533. The Morgan fingerprint density at radius 3 is 2.07 bits per heavy atom. The van der Waals surface area contributed by atoms with Gasteiger partial charge >= 0.3 is 0 Å². The van der Waals surface area contributed by atoms with Crippen LogP contribution in [0.15, 0.2) is 0 Å². The molecule has 3 nitrogen and oxygen atoms in total. The van der Waals surface area contributed by atoms with Gasteiger partial charge in [0.2, 0.25) is 5.91 Å². The molecule has 1 amide bonds. The molecule has 1 aliphatic carbocycles. The van der Waals surface area contributed by atoms with Crippen molar-refractivity contribution >= 4 is 5.91 Å². The number of hydrogen-bond donors (Lipinski definition) is 2. The second kappa shape index (κ2) is 6.82. The van der Waals surface area contributed by atoms with E-state index < -0.39 is 0 Å². The Hall–Kier alpha value is -0.570. The van der Waals surface area contributed by atoms with E-state index in [-0.39, 0.29) is 12.5 Å². The van der Waals surface area contributed by atoms with Gasteiger partial charge < -0.3 is 11.1 Å². The Bertz CT molecular complexity index is 161. The van der Waals surface area contributed by atoms with Crippen LogP contribution in [0.5, 0.6) is 0 Å². The molecule has 1 rings (SSSR count). The van der Waals surface area contributed by atoms with Gasteiger partial charge in [0, 0.05) is 6.04 Å². The van der Waals surface area contributed by atoms with Crippen LogP contribution in [0.1, 0.15) is 51.4 Å². The van der Waals surface area contributed by atoms with Crippen LogP contribution in [0.3, 0.4) is 0 Å². The molecule has 0 atom stereocenters. The van der Waals surface area contributed by atoms with E-state index in [1.165, 1.54) is 38.5 Å². The van der Waals surface area contributed by atoms with Crippen LogP contribution < -0.4 is 11.1 Å². The zero-order valence-corrected chi connectivity index (χ0v) is 8.93. The van der Waals surface area contributed by atoms with E-state index in [1.807, 2.05) is 0 Å². The number of hydrogen-bond acceptors (Lipinski definition) is 2. The minimum Gasteiger partial charge on any atom is -0.352 e. The summed E-state index contributed by atoms with van der Waals surface area (Å²) in [5.74, 6) is -0.00533. The fourth-order valence-corrected chi connectivity index (χ4v) is 2.06. The van der Waals surface area contributed by atoms with Crippen LogP contribution in [0, 0.1) is 0 Å². The predicted octanol–water partition coefficient (Wildman–Crippen LogP) is 1.56. The Balaban J connectivity index is 2.28. The Labute approximate surface area is 86.4 Å². The average molecular weight is 198 g/mol. The van der Waals surface area contributed by atoms with Crippen molar-refractivity contribution < 1.29 is 4.79 Å². The van der Waals surface area contributed by atoms with Gasteiger partial charge in [0.15, 0.2) is 0 Å². The standard InChI is InChI=1S/C11H22N2O/c12-9-11(14)13-10-7-5-3-1-2-4-6-8-10/h10H,1-9,12H2,(H,13,14). The van der Waals surface area contributed by atoms with Gasteiger partial charge in [-0.05, 0) is 12.8 Å². The maximum atomic E-state index is 11.1. The second-order valence-electron chi connectivity index (χ2n) is 4.17. The lowest BCUT2D eigenvalue weighted by atomic mass is 10.1. The summed E-state index contributed by atoms with van der Waals surface area (Å²) in [5, 5.41) is 3.00. The van der Waals surface area contributed by atoms with Crippen LogP contribution >= 0.6 is 0 Å². The molecule has 1 fully saturated rings. The zero-order chi connectivity index (χ0) is 10.2. The van der Waals surface area contributed by atoms with E-state index in [0.717, 1.165) is 12.8 Å². The van der Waals surface area contributed by atoms with Gasteiger partial charge in [-0.3, -0.25) is 4.79 Å². The molecular weight excluding hydrogens is 176 g/mol. The molecule has 0 aromatic carbocycles. The van der Waals surface area contributed by atoms with E-state index in [4.69, 9.17) is 5.73 Å². The first-order valence-electron chi connectivity index (χ1n) is 5.82. The van der Waals surface area contributed by atoms with Crippen molar-refractivity contribution in [3.8, 4) is 0 Å². The van der Waals surface area contributed by atoms with Crippen molar-refractivity contribution in [1.29, 1.82) is 0 Å². The van der Waals surface area contributed by atoms with Crippen LogP contribution in [-0.2, 0) is 4.79 Å². The fourth-order valence-electron chi connectivity index (χ4n) is 2.06. The average Bonchev–Trinajstić information content (AvgIpc) is 2.31. The van der Waals surface area contributed by atoms with Gasteiger partial charge in [-0.2, -0.15) is 0 Å². The summed E-state index contributed by atoms with van der Waals surface area (Å²) in [4.78, 5) is 11.1. The molecule has 0 saturated heterocycles. The summed E-state index contributed by atoms with van der Waals surface area (Å²) in [6.45, 7) is 0.122. The number of nitrogens with one attached hydrogen (secondary N) is 1. The van der Waals surface area contributed by atoms with E-state index in [1.54, 1.807) is 0 Å². The summed E-state index contributed by atoms with van der Waals surface area (Å²) in [6.07, 6.45) is 10.1. The second-order valence-corrected chi connectivity index (χ2v) is 4.17. The largest absolute Gasteiger partial charge is 0.352 e. The number of amides is 1. The Morgan fingerprint density at radius 2 is 1.57 bits per heavy atom. The Morgan fingerprint density at radius 1 is 1.07 bits per heavy atom. The summed E-state index contributed by atoms with van der Waals surface area (Å²) < 4.78 is 0. The third-order valence-corrected chi connectivity index (χ3v) is 2.91. The molecule has 0 unspecified atom stereocenters. The van der Waals surface area contributed by atoms with Crippen molar-refractivity contribution in [2.75, 3.05) is 6.54 Å². The van der Waals surface area contributed by atoms with Gasteiger partial charge in [0.1, 0.15) is 0 Å². The molecule has 0 radical (unpaired) electrons. The highest BCUT2D eigenvalue weighted by Crippen LogP contribution is 2.16. The summed E-state index contributed by atoms with van der Waals surface area (Å²) >= 11 is 0. The molecule has 0 aromatic heterocycles. The van der Waals surface area contributed by atoms with E-state index >= 15 is 0 Å². The molecule has 3 N–H and O–H groups in total. The molecule has 0 heterocycles. The van der Waals surface area contributed by atoms with Crippen LogP contribution in [-0.4, -0.2) is 18.5 Å². The lowest BCUT2D eigenvalue weighted by Gasteiger charge is -2.17. The molecule has 0 aliphatic heterocycles. The summed E-state index contributed by atoms with van der Waals surface area (Å²) in [5.41, 5.74) is 5.28. The molecule has 0 aromatic rings. The van der Waals surface area contributed by atoms with Gasteiger partial charge in [0.05, 0.1) is 6.54 Å². The van der Waals surface area contributed by atoms with Gasteiger partial charge in [-0.15, -0.1) is 0 Å². The highest BCUT2D eigenvalue weighted by molar-refractivity contribution is 5.78. The SMILES string of the molecule is NCC(=O)NC1CCCCCCCC1. The quantitative estimate of drug-likeness (QED) is 0.707. The number of nitrogens with two attached hydrogens (primary N) is 1. The monoisotopic (exact) mass is 198 g/mol. The van der Waals surface area contributed by atoms with Gasteiger partial charge in [0.25, 0.3) is 0 Å². The first kappa shape index (κ1) is 11.5. The molecule has 1 aliphatic rings. The van der Waals surface area contributed by atoms with E-state index in [2.05, 4.69) is 5.32 Å². The number of carbonyl (C=O) groups excluding carboxylic acids is 1. The predicted molar refractivity (Wildman–Crippen MR) is 57.9 cm³/mol. The van der Waals surface area contributed by atoms with Gasteiger partial charge in [-0.25, -0.2) is 0 Å². The fraction of sp³-hybridized carbons (Fsp3) is 0.909. The third-order valence-electron chi connectivity index (χ3n) is 2.91. The molecule has 82 valence electrons. The summed E-state index contributed by atoms with van der Waals surface area (Å²) in [7, 11) is 0. The first-order chi connectivity index (χ1) is 6.83. The van der Waals surface area contributed by atoms with Crippen molar-refractivity contribution in [2.45, 2.75) is 57.4 Å². The molecule has 1 saturated carbocycles. The minimum absolute atomic E-state index is 0.00533. The maximum Gasteiger partial charge on any atom is 0.233 e. The smallest absolute Gasteiger partial charge is 0.233 e. The summed E-state index contributed by atoms with van der Waals surface area (Å²) in [6, 6.07) is 0.379. The lowest BCUT2D eigenvalue weighted by molar-refractivity contribution is -0.120. The topological polar surface area (TPSA) is 55.1 Å². The highest BCUT2D eigenvalue weighted by atomic mass is 16.1. The zero-order valence-electron chi connectivity index (χ0n) is 8.93. The Kier molecular flexibility index (Phi) is 5.60. The van der Waals surface area contributed by atoms with Crippen molar-refractivity contribution in [3.05, 3.63) is 0 Å². The third kappa shape index (κ3) is 4.61. The number of carbonyl (C=O) groups is 1. The van der Waals surface area contributed by atoms with Crippen molar-refractivity contribution in [2.24, 2.45) is 5.73 Å². The highest BCUT2D eigenvalue weighted by Gasteiger charge is 2.11. The van der Waals surface area contributed by atoms with E-state index in [0.29, 0.717) is 6.04 Å². The first-order valence-corrected chi connectivity index (χ1v) is 5.82. The normalized spacial score (nSPS) is 20.6.